The minimum atomic E-state index is -0.446. The summed E-state index contributed by atoms with van der Waals surface area (Å²) in [5, 5.41) is 5.38. The van der Waals surface area contributed by atoms with E-state index in [0.717, 1.165) is 0 Å². The number of benzene rings is 3. The Hall–Kier alpha value is -1.43. The molecule has 0 aromatic heterocycles. The highest BCUT2D eigenvalue weighted by molar-refractivity contribution is 9.09. The molecule has 0 aliphatic carbocycles. The van der Waals surface area contributed by atoms with Crippen molar-refractivity contribution in [2.24, 2.45) is 0 Å². The van der Waals surface area contributed by atoms with E-state index >= 15 is 0 Å². The van der Waals surface area contributed by atoms with Gasteiger partial charge in [-0.25, -0.2) is 0 Å². The molecule has 0 fully saturated rings. The highest BCUT2D eigenvalue weighted by Crippen LogP contribution is 2.32. The Bertz CT molecular complexity index is 771. The Morgan fingerprint density at radius 2 is 0.658 bits per heavy atom. The average Bonchev–Trinajstić information content (AvgIpc) is 2.97. The smallest absolute Gasteiger partial charge is 0.00313 e. The van der Waals surface area contributed by atoms with Gasteiger partial charge in [0.25, 0.3) is 0 Å². The molecule has 0 atom stereocenters. The fraction of sp³-hybridized carbons (Fsp3) is 0.500. The summed E-state index contributed by atoms with van der Waals surface area (Å²) in [6.45, 7) is 2.29. The van der Waals surface area contributed by atoms with Crippen molar-refractivity contribution in [3.8, 4) is 0 Å². The molecule has 0 radical (unpaired) electrons. The maximum absolute atomic E-state index is 3.49. The number of hydrogen-bond acceptors (Lipinski definition) is 0. The lowest BCUT2D eigenvalue weighted by molar-refractivity contribution is 0.532. The second-order valence-corrected chi connectivity index (χ2v) is 13.3. The molecular formula is C36H52BrP. The van der Waals surface area contributed by atoms with Gasteiger partial charge in [-0.3, -0.25) is 0 Å². The van der Waals surface area contributed by atoms with Crippen LogP contribution in [0.2, 0.25) is 0 Å². The van der Waals surface area contributed by atoms with Gasteiger partial charge in [-0.2, -0.15) is 0 Å². The fourth-order valence-electron chi connectivity index (χ4n) is 4.82. The molecule has 0 aliphatic heterocycles. The Balaban J connectivity index is 0.000000267. The third-order valence-electron chi connectivity index (χ3n) is 7.03. The van der Waals surface area contributed by atoms with E-state index in [0.29, 0.717) is 0 Å². The van der Waals surface area contributed by atoms with Gasteiger partial charge in [0.05, 0.1) is 0 Å². The molecule has 3 aromatic carbocycles. The first kappa shape index (κ1) is 32.8. The van der Waals surface area contributed by atoms with Crippen LogP contribution in [0.3, 0.4) is 0 Å². The molecule has 0 aliphatic rings. The van der Waals surface area contributed by atoms with Crippen LogP contribution >= 0.6 is 23.9 Å². The van der Waals surface area contributed by atoms with E-state index in [1.807, 2.05) is 0 Å². The molecule has 0 heterocycles. The summed E-state index contributed by atoms with van der Waals surface area (Å²) in [5.41, 5.74) is 0. The quantitative estimate of drug-likeness (QED) is 0.0735. The van der Waals surface area contributed by atoms with Crippen molar-refractivity contribution < 1.29 is 0 Å². The molecule has 2 heteroatoms. The van der Waals surface area contributed by atoms with E-state index in [9.17, 15) is 0 Å². The Labute approximate surface area is 244 Å². The maximum Gasteiger partial charge on any atom is 0.00313 e. The van der Waals surface area contributed by atoms with Gasteiger partial charge in [0.15, 0.2) is 0 Å². The zero-order valence-electron chi connectivity index (χ0n) is 24.0. The van der Waals surface area contributed by atoms with Crippen molar-refractivity contribution in [1.82, 2.24) is 0 Å². The summed E-state index contributed by atoms with van der Waals surface area (Å²) in [4.78, 5) is 0. The Kier molecular flexibility index (Phi) is 20.2. The van der Waals surface area contributed by atoms with Gasteiger partial charge in [-0.1, -0.05) is 210 Å². The highest BCUT2D eigenvalue weighted by Gasteiger charge is 2.15. The zero-order valence-corrected chi connectivity index (χ0v) is 26.5. The van der Waals surface area contributed by atoms with Crippen molar-refractivity contribution in [3.05, 3.63) is 91.0 Å². The molecule has 0 N–H and O–H groups in total. The molecule has 3 rings (SSSR count). The van der Waals surface area contributed by atoms with Gasteiger partial charge in [-0.05, 0) is 30.3 Å². The van der Waals surface area contributed by atoms with Crippen molar-refractivity contribution >= 4 is 39.8 Å². The van der Waals surface area contributed by atoms with Crippen molar-refractivity contribution in [1.29, 1.82) is 0 Å². The van der Waals surface area contributed by atoms with E-state index in [1.165, 1.54) is 124 Å². The van der Waals surface area contributed by atoms with E-state index < -0.39 is 7.92 Å². The Morgan fingerprint density at radius 3 is 0.921 bits per heavy atom. The molecule has 0 saturated heterocycles. The van der Waals surface area contributed by atoms with Crippen LogP contribution in [0, 0.1) is 0 Å². The van der Waals surface area contributed by atoms with Crippen molar-refractivity contribution in [2.45, 2.75) is 110 Å². The van der Waals surface area contributed by atoms with Crippen LogP contribution in [0.1, 0.15) is 110 Å². The van der Waals surface area contributed by atoms with Crippen LogP contribution in [-0.4, -0.2) is 5.33 Å². The van der Waals surface area contributed by atoms with E-state index in [1.54, 1.807) is 0 Å². The van der Waals surface area contributed by atoms with Gasteiger partial charge in [-0.15, -0.1) is 0 Å². The molecule has 0 amide bonds. The minimum absolute atomic E-state index is 0.446. The number of alkyl halides is 1. The first-order valence-corrected chi connectivity index (χ1v) is 17.8. The lowest BCUT2D eigenvalue weighted by Crippen LogP contribution is -2.20. The zero-order chi connectivity index (χ0) is 26.9. The average molecular weight is 596 g/mol. The number of rotatable bonds is 19. The molecule has 208 valence electrons. The molecule has 0 bridgehead atoms. The second-order valence-electron chi connectivity index (χ2n) is 10.3. The van der Waals surface area contributed by atoms with Crippen molar-refractivity contribution in [3.63, 3.8) is 0 Å². The maximum atomic E-state index is 3.49. The summed E-state index contributed by atoms with van der Waals surface area (Å²) in [6.07, 6.45) is 23.3. The van der Waals surface area contributed by atoms with Gasteiger partial charge < -0.3 is 0 Å². The number of hydrogen-bond donors (Lipinski definition) is 0. The first-order valence-electron chi connectivity index (χ1n) is 15.4. The summed E-state index contributed by atoms with van der Waals surface area (Å²) in [6, 6.07) is 32.3. The second kappa shape index (κ2) is 23.5. The Morgan fingerprint density at radius 1 is 0.395 bits per heavy atom. The van der Waals surface area contributed by atoms with E-state index in [4.69, 9.17) is 0 Å². The van der Waals surface area contributed by atoms with Gasteiger partial charge in [0.2, 0.25) is 0 Å². The van der Waals surface area contributed by atoms with Crippen LogP contribution in [0.25, 0.3) is 0 Å². The van der Waals surface area contributed by atoms with Crippen LogP contribution in [0.5, 0.6) is 0 Å². The topological polar surface area (TPSA) is 0 Å². The predicted molar refractivity (Wildman–Crippen MR) is 178 cm³/mol. The van der Waals surface area contributed by atoms with Crippen LogP contribution in [0.4, 0.5) is 0 Å². The standard InChI is InChI=1S/C18H37Br.C18H15P/c1-2-3-4-5-6-7-8-9-10-11-12-13-14-15-16-17-18-19;1-4-10-16(11-5-1)19(17-12-6-2-7-13-17)18-14-8-3-9-15-18/h2-18H2,1H3;1-15H. The first-order chi connectivity index (χ1) is 18.9. The van der Waals surface area contributed by atoms with E-state index in [-0.39, 0.29) is 0 Å². The van der Waals surface area contributed by atoms with Crippen molar-refractivity contribution in [2.75, 3.05) is 5.33 Å². The molecule has 0 nitrogen and oxygen atoms in total. The fourth-order valence-corrected chi connectivity index (χ4v) is 7.52. The third kappa shape index (κ3) is 15.2. The lowest BCUT2D eigenvalue weighted by atomic mass is 10.0. The molecule has 0 saturated carbocycles. The monoisotopic (exact) mass is 594 g/mol. The number of halogens is 1. The molecular weight excluding hydrogens is 543 g/mol. The summed E-state index contributed by atoms with van der Waals surface area (Å²) < 4.78 is 0. The summed E-state index contributed by atoms with van der Waals surface area (Å²) in [7, 11) is -0.446. The highest BCUT2D eigenvalue weighted by atomic mass is 79.9. The largest absolute Gasteiger partial charge is 0.0928 e. The van der Waals surface area contributed by atoms with Crippen LogP contribution in [0.15, 0.2) is 91.0 Å². The molecule has 38 heavy (non-hydrogen) atoms. The number of unbranched alkanes of at least 4 members (excludes halogenated alkanes) is 15. The van der Waals surface area contributed by atoms with Gasteiger partial charge >= 0.3 is 0 Å². The SMILES string of the molecule is CCCCCCCCCCCCCCCCCCBr.c1ccc(P(c2ccccc2)c2ccccc2)cc1. The molecule has 0 spiro atoms. The predicted octanol–water partition coefficient (Wildman–Crippen LogP) is 11.1. The van der Waals surface area contributed by atoms with Crippen LogP contribution < -0.4 is 15.9 Å². The molecule has 0 unspecified atom stereocenters. The van der Waals surface area contributed by atoms with Crippen LogP contribution in [-0.2, 0) is 0 Å². The van der Waals surface area contributed by atoms with Gasteiger partial charge in [0.1, 0.15) is 0 Å². The van der Waals surface area contributed by atoms with Gasteiger partial charge in [0, 0.05) is 5.33 Å². The molecule has 3 aromatic rings. The third-order valence-corrected chi connectivity index (χ3v) is 10.0. The lowest BCUT2D eigenvalue weighted by Gasteiger charge is -2.18. The van der Waals surface area contributed by atoms with E-state index in [2.05, 4.69) is 114 Å². The normalized spacial score (nSPS) is 10.8. The summed E-state index contributed by atoms with van der Waals surface area (Å²) in [5.74, 6) is 0. The summed E-state index contributed by atoms with van der Waals surface area (Å²) >= 11 is 3.49. The minimum Gasteiger partial charge on any atom is -0.0928 e.